The number of hydrogen-bond acceptors (Lipinski definition) is 7. The van der Waals surface area contributed by atoms with E-state index in [9.17, 15) is 19.7 Å². The lowest BCUT2D eigenvalue weighted by molar-refractivity contribution is -0.135. The van der Waals surface area contributed by atoms with Gasteiger partial charge in [-0.15, -0.1) is 0 Å². The van der Waals surface area contributed by atoms with E-state index in [-0.39, 0.29) is 21.9 Å². The number of nitrogens with zero attached hydrogens (tertiary/aromatic N) is 3. The van der Waals surface area contributed by atoms with Crippen molar-refractivity contribution in [1.82, 2.24) is 14.5 Å². The molecule has 0 aliphatic carbocycles. The van der Waals surface area contributed by atoms with Crippen LogP contribution < -0.4 is 5.73 Å². The molecule has 0 spiro atoms. The summed E-state index contributed by atoms with van der Waals surface area (Å²) in [7, 11) is 0. The third-order valence-electron chi connectivity index (χ3n) is 5.16. The maximum Gasteiger partial charge on any atom is 0.164 e. The number of aliphatic hydroxyl groups is 3. The Morgan fingerprint density at radius 3 is 2.62 bits per heavy atom. The quantitative estimate of drug-likeness (QED) is 0.488. The molecule has 5 atom stereocenters. The Labute approximate surface area is 174 Å². The molecule has 2 aromatic heterocycles. The molecule has 4 rings (SSSR count). The number of nitrogen functional groups attached to an aromatic ring is 1. The third-order valence-corrected chi connectivity index (χ3v) is 5.90. The minimum absolute atomic E-state index is 0.0301. The molecule has 3 aromatic rings. The van der Waals surface area contributed by atoms with E-state index in [4.69, 9.17) is 33.7 Å². The molecule has 0 amide bonds. The highest BCUT2D eigenvalue weighted by molar-refractivity contribution is 6.42. The molecule has 0 radical (unpaired) electrons. The fourth-order valence-corrected chi connectivity index (χ4v) is 3.88. The van der Waals surface area contributed by atoms with Gasteiger partial charge in [-0.25, -0.2) is 14.4 Å². The molecule has 3 heterocycles. The van der Waals surface area contributed by atoms with Crippen molar-refractivity contribution in [2.24, 2.45) is 0 Å². The van der Waals surface area contributed by atoms with E-state index in [2.05, 4.69) is 9.97 Å². The summed E-state index contributed by atoms with van der Waals surface area (Å²) in [5, 5.41) is 32.7. The van der Waals surface area contributed by atoms with Crippen LogP contribution in [0.5, 0.6) is 0 Å². The van der Waals surface area contributed by atoms with Gasteiger partial charge in [0, 0.05) is 6.20 Å². The number of anilines is 1. The molecule has 1 saturated heterocycles. The molecule has 154 valence electrons. The van der Waals surface area contributed by atoms with Crippen LogP contribution in [0.3, 0.4) is 0 Å². The van der Waals surface area contributed by atoms with Gasteiger partial charge in [0.05, 0.1) is 15.4 Å². The van der Waals surface area contributed by atoms with Gasteiger partial charge in [-0.2, -0.15) is 0 Å². The number of rotatable bonds is 3. The van der Waals surface area contributed by atoms with E-state index in [1.165, 1.54) is 29.7 Å². The molecule has 29 heavy (non-hydrogen) atoms. The van der Waals surface area contributed by atoms with E-state index in [0.29, 0.717) is 10.6 Å². The number of ether oxygens (including phenoxy) is 1. The topological polar surface area (TPSA) is 127 Å². The lowest BCUT2D eigenvalue weighted by Gasteiger charge is -2.32. The van der Waals surface area contributed by atoms with Crippen LogP contribution >= 0.6 is 23.2 Å². The van der Waals surface area contributed by atoms with Crippen molar-refractivity contribution in [1.29, 1.82) is 0 Å². The Morgan fingerprint density at radius 2 is 1.93 bits per heavy atom. The van der Waals surface area contributed by atoms with E-state index in [1.54, 1.807) is 0 Å². The van der Waals surface area contributed by atoms with Crippen LogP contribution in [0.2, 0.25) is 10.0 Å². The second-order valence-electron chi connectivity index (χ2n) is 7.05. The maximum atomic E-state index is 14.4. The Hall–Kier alpha value is -2.01. The summed E-state index contributed by atoms with van der Waals surface area (Å²) in [6.07, 6.45) is -3.28. The van der Waals surface area contributed by atoms with Gasteiger partial charge in [-0.05, 0) is 24.6 Å². The largest absolute Gasteiger partial charge is 0.387 e. The van der Waals surface area contributed by atoms with Gasteiger partial charge in [0.1, 0.15) is 36.1 Å². The predicted molar refractivity (Wildman–Crippen MR) is 104 cm³/mol. The molecule has 1 aliphatic heterocycles. The molecule has 1 aliphatic rings. The van der Waals surface area contributed by atoms with Crippen molar-refractivity contribution < 1.29 is 24.4 Å². The van der Waals surface area contributed by atoms with Gasteiger partial charge in [0.2, 0.25) is 0 Å². The first-order valence-electron chi connectivity index (χ1n) is 8.59. The van der Waals surface area contributed by atoms with E-state index >= 15 is 0 Å². The molecule has 0 saturated carbocycles. The fraction of sp³-hybridized carbons (Fsp3) is 0.333. The summed E-state index contributed by atoms with van der Waals surface area (Å²) in [6, 6.07) is 4.47. The maximum absolute atomic E-state index is 14.4. The van der Waals surface area contributed by atoms with Gasteiger partial charge in [0.15, 0.2) is 17.7 Å². The van der Waals surface area contributed by atoms with Crippen molar-refractivity contribution in [3.8, 4) is 0 Å². The Morgan fingerprint density at radius 1 is 1.21 bits per heavy atom. The number of halogens is 3. The van der Waals surface area contributed by atoms with Crippen molar-refractivity contribution in [2.75, 3.05) is 5.73 Å². The standard InChI is InChI=1S/C18H17Cl2FN4O4/c1-18(28,7-2-3-8(19)9(20)4-7)14-12(26)13(27)17(29-14)25-5-10(21)11-15(22)23-6-24-16(11)25/h2-6,12-14,17,26-28H,1H3,(H2,22,23,24)/t12?,13?,14?,17?,18-/m1/s1. The molecule has 4 unspecified atom stereocenters. The number of hydrogen-bond donors (Lipinski definition) is 4. The number of benzene rings is 1. The van der Waals surface area contributed by atoms with Crippen LogP contribution in [0.4, 0.5) is 10.2 Å². The molecular formula is C18H17Cl2FN4O4. The zero-order chi connectivity index (χ0) is 21.1. The molecule has 11 heteroatoms. The monoisotopic (exact) mass is 442 g/mol. The van der Waals surface area contributed by atoms with Gasteiger partial charge < -0.3 is 30.4 Å². The highest BCUT2D eigenvalue weighted by Crippen LogP contribution is 2.42. The average molecular weight is 443 g/mol. The van der Waals surface area contributed by atoms with Crippen LogP contribution in [0.1, 0.15) is 18.7 Å². The number of aliphatic hydroxyl groups excluding tert-OH is 2. The van der Waals surface area contributed by atoms with Crippen LogP contribution in [0, 0.1) is 5.82 Å². The average Bonchev–Trinajstić information content (AvgIpc) is 3.16. The summed E-state index contributed by atoms with van der Waals surface area (Å²) in [5.74, 6) is -0.776. The Balaban J connectivity index is 1.73. The molecule has 0 bridgehead atoms. The van der Waals surface area contributed by atoms with Crippen molar-refractivity contribution in [3.63, 3.8) is 0 Å². The number of fused-ring (bicyclic) bond motifs is 1. The van der Waals surface area contributed by atoms with Gasteiger partial charge in [-0.1, -0.05) is 29.3 Å². The molecule has 1 fully saturated rings. The normalized spacial score (nSPS) is 26.7. The predicted octanol–water partition coefficient (Wildman–Crippen LogP) is 1.99. The highest BCUT2D eigenvalue weighted by atomic mass is 35.5. The summed E-state index contributed by atoms with van der Waals surface area (Å²) in [4.78, 5) is 7.75. The highest BCUT2D eigenvalue weighted by Gasteiger charge is 2.52. The summed E-state index contributed by atoms with van der Waals surface area (Å²) in [6.45, 7) is 1.41. The van der Waals surface area contributed by atoms with E-state index in [0.717, 1.165) is 12.5 Å². The second-order valence-corrected chi connectivity index (χ2v) is 7.86. The van der Waals surface area contributed by atoms with E-state index in [1.807, 2.05) is 0 Å². The third kappa shape index (κ3) is 3.14. The van der Waals surface area contributed by atoms with Crippen LogP contribution in [0.25, 0.3) is 11.0 Å². The number of aromatic nitrogens is 3. The first kappa shape index (κ1) is 20.3. The first-order chi connectivity index (χ1) is 13.6. The Kier molecular flexibility index (Phi) is 4.93. The minimum atomic E-state index is -1.75. The molecular weight excluding hydrogens is 426 g/mol. The lowest BCUT2D eigenvalue weighted by Crippen LogP contribution is -2.45. The zero-order valence-corrected chi connectivity index (χ0v) is 16.5. The van der Waals surface area contributed by atoms with Crippen LogP contribution in [0.15, 0.2) is 30.7 Å². The molecule has 1 aromatic carbocycles. The van der Waals surface area contributed by atoms with Gasteiger partial charge >= 0.3 is 0 Å². The number of nitrogens with two attached hydrogens (primary N) is 1. The fourth-order valence-electron chi connectivity index (χ4n) is 3.59. The summed E-state index contributed by atoms with van der Waals surface area (Å²) in [5.41, 5.74) is 4.36. The van der Waals surface area contributed by atoms with Crippen molar-refractivity contribution >= 4 is 40.1 Å². The second kappa shape index (κ2) is 7.05. The van der Waals surface area contributed by atoms with Crippen molar-refractivity contribution in [3.05, 3.63) is 52.1 Å². The SMILES string of the molecule is C[C@@](O)(c1ccc(Cl)c(Cl)c1)C1OC(n2cc(F)c3c(N)ncnc32)C(O)C1O. The lowest BCUT2D eigenvalue weighted by atomic mass is 9.87. The molecule has 5 N–H and O–H groups in total. The van der Waals surface area contributed by atoms with E-state index < -0.39 is 36.0 Å². The summed E-state index contributed by atoms with van der Waals surface area (Å²) < 4.78 is 21.4. The zero-order valence-electron chi connectivity index (χ0n) is 15.0. The first-order valence-corrected chi connectivity index (χ1v) is 9.34. The minimum Gasteiger partial charge on any atom is -0.387 e. The summed E-state index contributed by atoms with van der Waals surface area (Å²) >= 11 is 12.0. The van der Waals surface area contributed by atoms with Crippen LogP contribution in [-0.2, 0) is 10.3 Å². The smallest absolute Gasteiger partial charge is 0.164 e. The Bertz CT molecular complexity index is 1090. The van der Waals surface area contributed by atoms with Crippen molar-refractivity contribution in [2.45, 2.75) is 37.1 Å². The molecule has 8 nitrogen and oxygen atoms in total. The van der Waals surface area contributed by atoms with Gasteiger partial charge in [-0.3, -0.25) is 0 Å². The van der Waals surface area contributed by atoms with Crippen LogP contribution in [-0.4, -0.2) is 48.2 Å². The van der Waals surface area contributed by atoms with Gasteiger partial charge in [0.25, 0.3) is 0 Å².